The van der Waals surface area contributed by atoms with Crippen LogP contribution >= 0.6 is 15.9 Å². The van der Waals surface area contributed by atoms with E-state index in [0.29, 0.717) is 11.5 Å². The van der Waals surface area contributed by atoms with Crippen molar-refractivity contribution in [2.45, 2.75) is 26.2 Å². The summed E-state index contributed by atoms with van der Waals surface area (Å²) in [5.74, 6) is 0.854. The van der Waals surface area contributed by atoms with E-state index in [1.807, 2.05) is 24.3 Å². The summed E-state index contributed by atoms with van der Waals surface area (Å²) in [5.41, 5.74) is 1.34. The van der Waals surface area contributed by atoms with Gasteiger partial charge in [0.25, 0.3) is 0 Å². The van der Waals surface area contributed by atoms with Crippen molar-refractivity contribution < 1.29 is 9.13 Å². The van der Waals surface area contributed by atoms with Gasteiger partial charge in [-0.3, -0.25) is 0 Å². The van der Waals surface area contributed by atoms with E-state index in [4.69, 9.17) is 4.74 Å². The van der Waals surface area contributed by atoms with Crippen LogP contribution in [0.25, 0.3) is 0 Å². The van der Waals surface area contributed by atoms with Crippen molar-refractivity contribution >= 4 is 15.9 Å². The molecule has 0 aliphatic carbocycles. The molecule has 0 fully saturated rings. The van der Waals surface area contributed by atoms with Crippen molar-refractivity contribution in [3.05, 3.63) is 58.3 Å². The zero-order chi connectivity index (χ0) is 14.0. The predicted octanol–water partition coefficient (Wildman–Crippen LogP) is 5.68. The number of halogens is 2. The lowest BCUT2D eigenvalue weighted by molar-refractivity contribution is 0.472. The summed E-state index contributed by atoms with van der Waals surface area (Å²) in [4.78, 5) is 0. The highest BCUT2D eigenvalue weighted by Crippen LogP contribution is 2.31. The van der Waals surface area contributed by atoms with E-state index in [9.17, 15) is 4.39 Å². The Balaban J connectivity index is 2.22. The maximum atomic E-state index is 13.2. The van der Waals surface area contributed by atoms with Crippen LogP contribution in [0.5, 0.6) is 11.5 Å². The largest absolute Gasteiger partial charge is 0.456 e. The second-order valence-corrected chi connectivity index (χ2v) is 6.31. The molecule has 0 aromatic heterocycles. The molecule has 0 aliphatic rings. The van der Waals surface area contributed by atoms with Crippen LogP contribution < -0.4 is 4.74 Å². The van der Waals surface area contributed by atoms with E-state index >= 15 is 0 Å². The van der Waals surface area contributed by atoms with E-state index in [1.165, 1.54) is 17.7 Å². The van der Waals surface area contributed by atoms with Gasteiger partial charge in [0.1, 0.15) is 17.3 Å². The highest BCUT2D eigenvalue weighted by molar-refractivity contribution is 9.10. The lowest BCUT2D eigenvalue weighted by Crippen LogP contribution is -2.10. The Labute approximate surface area is 121 Å². The topological polar surface area (TPSA) is 9.23 Å². The first-order chi connectivity index (χ1) is 8.86. The molecule has 0 bridgehead atoms. The fourth-order valence-corrected chi connectivity index (χ4v) is 2.03. The van der Waals surface area contributed by atoms with Crippen LogP contribution in [0.1, 0.15) is 26.3 Å². The van der Waals surface area contributed by atoms with Crippen molar-refractivity contribution in [1.82, 2.24) is 0 Å². The Kier molecular flexibility index (Phi) is 3.95. The number of hydrogen-bond donors (Lipinski definition) is 0. The molecular weight excluding hydrogens is 307 g/mol. The van der Waals surface area contributed by atoms with Gasteiger partial charge in [-0.2, -0.15) is 0 Å². The molecule has 2 aromatic carbocycles. The number of ether oxygens (including phenoxy) is 1. The molecule has 0 unspecified atom stereocenters. The molecule has 100 valence electrons. The third kappa shape index (κ3) is 3.57. The molecule has 2 aromatic rings. The van der Waals surface area contributed by atoms with Crippen LogP contribution in [0.4, 0.5) is 4.39 Å². The maximum Gasteiger partial charge on any atom is 0.144 e. The second-order valence-electron chi connectivity index (χ2n) is 5.45. The molecule has 1 nitrogen and oxygen atoms in total. The first kappa shape index (κ1) is 14.1. The summed E-state index contributed by atoms with van der Waals surface area (Å²) in [5, 5.41) is 0. The summed E-state index contributed by atoms with van der Waals surface area (Å²) in [6.45, 7) is 6.48. The van der Waals surface area contributed by atoms with E-state index < -0.39 is 0 Å². The minimum absolute atomic E-state index is 0.109. The maximum absolute atomic E-state index is 13.2. The lowest BCUT2D eigenvalue weighted by Gasteiger charge is -2.19. The van der Waals surface area contributed by atoms with Crippen molar-refractivity contribution in [1.29, 1.82) is 0 Å². The summed E-state index contributed by atoms with van der Waals surface area (Å²) < 4.78 is 19.6. The Morgan fingerprint density at radius 2 is 1.63 bits per heavy atom. The van der Waals surface area contributed by atoms with Gasteiger partial charge in [0.05, 0.1) is 4.47 Å². The van der Waals surface area contributed by atoms with Gasteiger partial charge in [0.15, 0.2) is 0 Å². The minimum atomic E-state index is -0.315. The quantitative estimate of drug-likeness (QED) is 0.691. The SMILES string of the molecule is CC(C)(C)c1ccc(Oc2cc(F)ccc2Br)cc1. The molecule has 0 heterocycles. The molecular formula is C16H16BrFO. The smallest absolute Gasteiger partial charge is 0.144 e. The molecule has 3 heteroatoms. The van der Waals surface area contributed by atoms with E-state index in [1.54, 1.807) is 6.07 Å². The summed E-state index contributed by atoms with van der Waals surface area (Å²) in [6.07, 6.45) is 0. The highest BCUT2D eigenvalue weighted by Gasteiger charge is 2.13. The third-order valence-electron chi connectivity index (χ3n) is 2.84. The second kappa shape index (κ2) is 5.33. The van der Waals surface area contributed by atoms with Gasteiger partial charge in [-0.15, -0.1) is 0 Å². The van der Waals surface area contributed by atoms with Crippen LogP contribution in [-0.2, 0) is 5.41 Å². The van der Waals surface area contributed by atoms with Crippen LogP contribution in [0.2, 0.25) is 0 Å². The Morgan fingerprint density at radius 3 is 2.21 bits per heavy atom. The Morgan fingerprint density at radius 1 is 1.00 bits per heavy atom. The average Bonchev–Trinajstić information content (AvgIpc) is 2.33. The number of rotatable bonds is 2. The molecule has 2 rings (SSSR count). The standard InChI is InChI=1S/C16H16BrFO/c1-16(2,3)11-4-7-13(8-5-11)19-15-10-12(18)6-9-14(15)17/h4-10H,1-3H3. The van der Waals surface area contributed by atoms with Gasteiger partial charge < -0.3 is 4.74 Å². The van der Waals surface area contributed by atoms with Gasteiger partial charge in [0, 0.05) is 6.07 Å². The van der Waals surface area contributed by atoms with E-state index in [2.05, 4.69) is 36.7 Å². The van der Waals surface area contributed by atoms with E-state index in [-0.39, 0.29) is 11.2 Å². The van der Waals surface area contributed by atoms with Gasteiger partial charge in [-0.25, -0.2) is 4.39 Å². The highest BCUT2D eigenvalue weighted by atomic mass is 79.9. The minimum Gasteiger partial charge on any atom is -0.456 e. The molecule has 0 saturated heterocycles. The summed E-state index contributed by atoms with van der Waals surface area (Å²) in [6, 6.07) is 12.2. The number of hydrogen-bond acceptors (Lipinski definition) is 1. The fourth-order valence-electron chi connectivity index (χ4n) is 1.71. The van der Waals surface area contributed by atoms with E-state index in [0.717, 1.165) is 4.47 Å². The molecule has 0 aliphatic heterocycles. The molecule has 0 spiro atoms. The zero-order valence-corrected chi connectivity index (χ0v) is 12.8. The van der Waals surface area contributed by atoms with Gasteiger partial charge >= 0.3 is 0 Å². The van der Waals surface area contributed by atoms with Crippen LogP contribution in [0.15, 0.2) is 46.9 Å². The predicted molar refractivity (Wildman–Crippen MR) is 79.3 cm³/mol. The first-order valence-electron chi connectivity index (χ1n) is 6.10. The first-order valence-corrected chi connectivity index (χ1v) is 6.89. The Hall–Kier alpha value is -1.35. The monoisotopic (exact) mass is 322 g/mol. The number of benzene rings is 2. The molecule has 0 amide bonds. The molecule has 0 atom stereocenters. The molecule has 19 heavy (non-hydrogen) atoms. The van der Waals surface area contributed by atoms with Gasteiger partial charge in [-0.1, -0.05) is 32.9 Å². The Bertz CT molecular complexity index is 570. The average molecular weight is 323 g/mol. The fraction of sp³-hybridized carbons (Fsp3) is 0.250. The summed E-state index contributed by atoms with van der Waals surface area (Å²) in [7, 11) is 0. The summed E-state index contributed by atoms with van der Waals surface area (Å²) >= 11 is 3.34. The molecule has 0 radical (unpaired) electrons. The van der Waals surface area contributed by atoms with Crippen LogP contribution in [0.3, 0.4) is 0 Å². The normalized spacial score (nSPS) is 11.4. The molecule has 0 saturated carbocycles. The van der Waals surface area contributed by atoms with Crippen LogP contribution in [-0.4, -0.2) is 0 Å². The third-order valence-corrected chi connectivity index (χ3v) is 3.50. The van der Waals surface area contributed by atoms with Crippen molar-refractivity contribution in [3.63, 3.8) is 0 Å². The zero-order valence-electron chi connectivity index (χ0n) is 11.2. The van der Waals surface area contributed by atoms with Crippen molar-refractivity contribution in [2.75, 3.05) is 0 Å². The molecule has 0 N–H and O–H groups in total. The van der Waals surface area contributed by atoms with Gasteiger partial charge in [-0.05, 0) is 51.2 Å². The van der Waals surface area contributed by atoms with Crippen LogP contribution in [0, 0.1) is 5.82 Å². The van der Waals surface area contributed by atoms with Gasteiger partial charge in [0.2, 0.25) is 0 Å². The van der Waals surface area contributed by atoms with Crippen molar-refractivity contribution in [3.8, 4) is 11.5 Å². The van der Waals surface area contributed by atoms with Crippen molar-refractivity contribution in [2.24, 2.45) is 0 Å². The lowest BCUT2D eigenvalue weighted by atomic mass is 9.87.